The summed E-state index contributed by atoms with van der Waals surface area (Å²) in [6, 6.07) is 11.3. The maximum Gasteiger partial charge on any atom is 0.248 e. The predicted octanol–water partition coefficient (Wildman–Crippen LogP) is 2.98. The highest BCUT2D eigenvalue weighted by Gasteiger charge is 2.06. The van der Waals surface area contributed by atoms with Crippen LogP contribution in [0.3, 0.4) is 0 Å². The Kier molecular flexibility index (Phi) is 3.88. The molecule has 0 aliphatic heterocycles. The molecule has 0 saturated carbocycles. The number of rotatable bonds is 4. The van der Waals surface area contributed by atoms with Crippen molar-refractivity contribution in [1.82, 2.24) is 14.8 Å². The molecule has 0 bridgehead atoms. The number of aromatic nitrogens is 3. The van der Waals surface area contributed by atoms with Gasteiger partial charge in [0.1, 0.15) is 12.7 Å². The number of hydrogen-bond acceptors (Lipinski definition) is 4. The van der Waals surface area contributed by atoms with Gasteiger partial charge < -0.3 is 5.32 Å². The summed E-state index contributed by atoms with van der Waals surface area (Å²) >= 11 is 1.58. The lowest BCUT2D eigenvalue weighted by Gasteiger charge is -2.08. The first-order chi connectivity index (χ1) is 10.3. The van der Waals surface area contributed by atoms with Crippen LogP contribution in [-0.2, 0) is 4.79 Å². The number of hydrogen-bond donors (Lipinski definition) is 1. The summed E-state index contributed by atoms with van der Waals surface area (Å²) in [7, 11) is 0. The molecule has 5 nitrogen and oxygen atoms in total. The van der Waals surface area contributed by atoms with Crippen molar-refractivity contribution < 1.29 is 4.79 Å². The molecule has 1 amide bonds. The van der Waals surface area contributed by atoms with Crippen LogP contribution in [0.4, 0.5) is 5.69 Å². The fourth-order valence-electron chi connectivity index (χ4n) is 1.83. The maximum absolute atomic E-state index is 12.0. The minimum Gasteiger partial charge on any atom is -0.321 e. The standard InChI is InChI=1S/C15H12N4OS/c20-15(8-7-12-4-3-9-21-12)18-13-5-1-2-6-14(13)19-11-16-10-17-19/h1-11H,(H,18,20)/b8-7+. The first kappa shape index (κ1) is 13.3. The van der Waals surface area contributed by atoms with Crippen molar-refractivity contribution in [2.45, 2.75) is 0 Å². The van der Waals surface area contributed by atoms with Crippen LogP contribution in [0.15, 0.2) is 60.5 Å². The molecule has 6 heteroatoms. The number of carbonyl (C=O) groups is 1. The minimum atomic E-state index is -0.184. The zero-order chi connectivity index (χ0) is 14.5. The van der Waals surface area contributed by atoms with Crippen LogP contribution < -0.4 is 5.32 Å². The molecule has 21 heavy (non-hydrogen) atoms. The fraction of sp³-hybridized carbons (Fsp3) is 0. The van der Waals surface area contributed by atoms with E-state index in [2.05, 4.69) is 15.4 Å². The summed E-state index contributed by atoms with van der Waals surface area (Å²) in [6.45, 7) is 0. The molecule has 2 heterocycles. The van der Waals surface area contributed by atoms with Gasteiger partial charge >= 0.3 is 0 Å². The summed E-state index contributed by atoms with van der Waals surface area (Å²) in [5.41, 5.74) is 1.46. The highest BCUT2D eigenvalue weighted by Crippen LogP contribution is 2.18. The summed E-state index contributed by atoms with van der Waals surface area (Å²) in [6.07, 6.45) is 6.35. The Morgan fingerprint density at radius 1 is 1.24 bits per heavy atom. The van der Waals surface area contributed by atoms with Crippen molar-refractivity contribution in [1.29, 1.82) is 0 Å². The van der Waals surface area contributed by atoms with Crippen LogP contribution in [-0.4, -0.2) is 20.7 Å². The van der Waals surface area contributed by atoms with Gasteiger partial charge in [-0.25, -0.2) is 9.67 Å². The largest absolute Gasteiger partial charge is 0.321 e. The SMILES string of the molecule is O=C(/C=C/c1cccs1)Nc1ccccc1-n1cncn1. The van der Waals surface area contributed by atoms with E-state index < -0.39 is 0 Å². The van der Waals surface area contributed by atoms with Crippen LogP contribution in [0.2, 0.25) is 0 Å². The van der Waals surface area contributed by atoms with E-state index in [0.717, 1.165) is 10.6 Å². The van der Waals surface area contributed by atoms with Gasteiger partial charge in [-0.15, -0.1) is 11.3 Å². The Morgan fingerprint density at radius 3 is 2.90 bits per heavy atom. The summed E-state index contributed by atoms with van der Waals surface area (Å²) in [4.78, 5) is 16.9. The zero-order valence-corrected chi connectivity index (χ0v) is 11.8. The van der Waals surface area contributed by atoms with Gasteiger partial charge in [-0.2, -0.15) is 5.10 Å². The van der Waals surface area contributed by atoms with Crippen molar-refractivity contribution in [2.75, 3.05) is 5.32 Å². The van der Waals surface area contributed by atoms with Gasteiger partial charge in [0, 0.05) is 11.0 Å². The normalized spacial score (nSPS) is 10.9. The smallest absolute Gasteiger partial charge is 0.248 e. The molecular formula is C15H12N4OS. The van der Waals surface area contributed by atoms with E-state index in [0.29, 0.717) is 5.69 Å². The van der Waals surface area contributed by atoms with Crippen molar-refractivity contribution >= 4 is 29.0 Å². The molecule has 3 aromatic rings. The van der Waals surface area contributed by atoms with Crippen molar-refractivity contribution in [3.63, 3.8) is 0 Å². The van der Waals surface area contributed by atoms with Gasteiger partial charge in [0.15, 0.2) is 0 Å². The first-order valence-electron chi connectivity index (χ1n) is 6.29. The van der Waals surface area contributed by atoms with E-state index in [1.54, 1.807) is 28.4 Å². The predicted molar refractivity (Wildman–Crippen MR) is 83.3 cm³/mol. The average molecular weight is 296 g/mol. The molecule has 3 rings (SSSR count). The second-order valence-electron chi connectivity index (χ2n) is 4.20. The molecule has 104 valence electrons. The number of benzene rings is 1. The highest BCUT2D eigenvalue weighted by molar-refractivity contribution is 7.10. The molecule has 0 aliphatic rings. The number of para-hydroxylation sites is 2. The average Bonchev–Trinajstić information content (AvgIpc) is 3.19. The number of amides is 1. The quantitative estimate of drug-likeness (QED) is 0.753. The van der Waals surface area contributed by atoms with E-state index in [1.807, 2.05) is 41.8 Å². The molecule has 0 aliphatic carbocycles. The molecule has 0 spiro atoms. The van der Waals surface area contributed by atoms with Gasteiger partial charge in [-0.1, -0.05) is 18.2 Å². The van der Waals surface area contributed by atoms with Crippen LogP contribution in [0.1, 0.15) is 4.88 Å². The first-order valence-corrected chi connectivity index (χ1v) is 7.17. The van der Waals surface area contributed by atoms with Gasteiger partial charge in [0.05, 0.1) is 11.4 Å². The molecule has 2 aromatic heterocycles. The molecule has 0 saturated heterocycles. The minimum absolute atomic E-state index is 0.184. The summed E-state index contributed by atoms with van der Waals surface area (Å²) < 4.78 is 1.61. The lowest BCUT2D eigenvalue weighted by molar-refractivity contribution is -0.111. The third kappa shape index (κ3) is 3.24. The lowest BCUT2D eigenvalue weighted by Crippen LogP contribution is -2.10. The molecular weight excluding hydrogens is 284 g/mol. The van der Waals surface area contributed by atoms with E-state index in [1.165, 1.54) is 12.4 Å². The molecule has 0 atom stereocenters. The van der Waals surface area contributed by atoms with E-state index in [-0.39, 0.29) is 5.91 Å². The monoisotopic (exact) mass is 296 g/mol. The molecule has 0 fully saturated rings. The third-order valence-corrected chi connectivity index (χ3v) is 3.61. The molecule has 1 N–H and O–H groups in total. The van der Waals surface area contributed by atoms with Gasteiger partial charge in [0.2, 0.25) is 5.91 Å². The van der Waals surface area contributed by atoms with E-state index >= 15 is 0 Å². The Bertz CT molecular complexity index is 748. The number of nitrogens with one attached hydrogen (secondary N) is 1. The second kappa shape index (κ2) is 6.15. The zero-order valence-electron chi connectivity index (χ0n) is 11.0. The van der Waals surface area contributed by atoms with Crippen LogP contribution in [0.5, 0.6) is 0 Å². The Balaban J connectivity index is 1.77. The molecule has 0 unspecified atom stereocenters. The fourth-order valence-corrected chi connectivity index (χ4v) is 2.45. The third-order valence-electron chi connectivity index (χ3n) is 2.77. The van der Waals surface area contributed by atoms with Crippen LogP contribution in [0.25, 0.3) is 11.8 Å². The van der Waals surface area contributed by atoms with Gasteiger partial charge in [-0.3, -0.25) is 4.79 Å². The van der Waals surface area contributed by atoms with Crippen molar-refractivity contribution in [3.05, 3.63) is 65.4 Å². The van der Waals surface area contributed by atoms with Crippen LogP contribution in [0, 0.1) is 0 Å². The number of carbonyl (C=O) groups excluding carboxylic acids is 1. The van der Waals surface area contributed by atoms with Crippen LogP contribution >= 0.6 is 11.3 Å². The summed E-state index contributed by atoms with van der Waals surface area (Å²) in [5, 5.41) is 8.90. The number of nitrogens with zero attached hydrogens (tertiary/aromatic N) is 3. The molecule has 0 radical (unpaired) electrons. The Morgan fingerprint density at radius 2 is 2.14 bits per heavy atom. The maximum atomic E-state index is 12.0. The van der Waals surface area contributed by atoms with E-state index in [4.69, 9.17) is 0 Å². The number of thiophene rings is 1. The van der Waals surface area contributed by atoms with E-state index in [9.17, 15) is 4.79 Å². The second-order valence-corrected chi connectivity index (χ2v) is 5.17. The van der Waals surface area contributed by atoms with Crippen molar-refractivity contribution in [3.8, 4) is 5.69 Å². The highest BCUT2D eigenvalue weighted by atomic mass is 32.1. The van der Waals surface area contributed by atoms with Gasteiger partial charge in [0.25, 0.3) is 0 Å². The summed E-state index contributed by atoms with van der Waals surface area (Å²) in [5.74, 6) is -0.184. The Labute approximate surface area is 125 Å². The Hall–Kier alpha value is -2.73. The topological polar surface area (TPSA) is 59.8 Å². The van der Waals surface area contributed by atoms with Crippen molar-refractivity contribution in [2.24, 2.45) is 0 Å². The number of anilines is 1. The lowest BCUT2D eigenvalue weighted by atomic mass is 10.2. The molecule has 1 aromatic carbocycles. The van der Waals surface area contributed by atoms with Gasteiger partial charge in [-0.05, 0) is 29.7 Å².